The molecule has 2 saturated carbocycles. The molecule has 1 aromatic heterocycles. The van der Waals surface area contributed by atoms with Crippen LogP contribution < -0.4 is 10.6 Å². The molecule has 4 rings (SSSR count). The summed E-state index contributed by atoms with van der Waals surface area (Å²) in [4.78, 5) is 24.2. The molecule has 0 saturated heterocycles. The van der Waals surface area contributed by atoms with Crippen molar-refractivity contribution in [2.45, 2.75) is 62.7 Å². The zero-order chi connectivity index (χ0) is 20.2. The normalized spacial score (nSPS) is 17.8. The van der Waals surface area contributed by atoms with Crippen molar-refractivity contribution >= 4 is 29.3 Å². The maximum absolute atomic E-state index is 12.4. The molecule has 0 aliphatic heterocycles. The molecule has 2 aliphatic carbocycles. The molecule has 9 heteroatoms. The fourth-order valence-corrected chi connectivity index (χ4v) is 4.36. The summed E-state index contributed by atoms with van der Waals surface area (Å²) in [5, 5.41) is 18.6. The molecule has 2 aromatic rings. The number of anilines is 1. The van der Waals surface area contributed by atoms with Crippen LogP contribution in [0, 0.1) is 5.92 Å². The van der Waals surface area contributed by atoms with Crippen LogP contribution in [0.2, 0.25) is 0 Å². The molecule has 1 unspecified atom stereocenters. The van der Waals surface area contributed by atoms with Crippen molar-refractivity contribution in [1.29, 1.82) is 0 Å². The first kappa shape index (κ1) is 19.9. The third-order valence-corrected chi connectivity index (χ3v) is 6.40. The van der Waals surface area contributed by atoms with Gasteiger partial charge in [0.05, 0.1) is 17.8 Å². The van der Waals surface area contributed by atoms with Gasteiger partial charge in [-0.05, 0) is 60.7 Å². The predicted molar refractivity (Wildman–Crippen MR) is 110 cm³/mol. The standard InChI is InChI=1S/C20H26N6O2S/c1-13(14-8-10-16(11-9-14)22-19(28)15-6-7-15)21-18(27)12-29-20-23-24-25-26(20)17-4-2-3-5-17/h8-11,13,15,17H,2-7,12H2,1H3,(H,21,27)(H,22,28). The zero-order valence-corrected chi connectivity index (χ0v) is 17.3. The first-order valence-electron chi connectivity index (χ1n) is 10.2. The Morgan fingerprint density at radius 2 is 1.90 bits per heavy atom. The van der Waals surface area contributed by atoms with Gasteiger partial charge in [-0.25, -0.2) is 4.68 Å². The van der Waals surface area contributed by atoms with E-state index in [1.165, 1.54) is 24.6 Å². The highest BCUT2D eigenvalue weighted by atomic mass is 32.2. The summed E-state index contributed by atoms with van der Waals surface area (Å²) in [5.74, 6) is 0.484. The molecule has 1 atom stereocenters. The second-order valence-corrected chi connectivity index (χ2v) is 8.75. The maximum Gasteiger partial charge on any atom is 0.230 e. The number of nitrogens with one attached hydrogen (secondary N) is 2. The zero-order valence-electron chi connectivity index (χ0n) is 16.5. The minimum absolute atomic E-state index is 0.0606. The van der Waals surface area contributed by atoms with E-state index in [-0.39, 0.29) is 29.5 Å². The Labute approximate surface area is 174 Å². The van der Waals surface area contributed by atoms with E-state index in [2.05, 4.69) is 26.2 Å². The number of thioether (sulfide) groups is 1. The van der Waals surface area contributed by atoms with E-state index in [9.17, 15) is 9.59 Å². The van der Waals surface area contributed by atoms with E-state index >= 15 is 0 Å². The summed E-state index contributed by atoms with van der Waals surface area (Å²) in [6, 6.07) is 7.85. The molecule has 1 aromatic carbocycles. The Morgan fingerprint density at radius 3 is 2.59 bits per heavy atom. The van der Waals surface area contributed by atoms with Crippen LogP contribution in [-0.2, 0) is 9.59 Å². The summed E-state index contributed by atoms with van der Waals surface area (Å²) in [7, 11) is 0. The number of amides is 2. The maximum atomic E-state index is 12.4. The summed E-state index contributed by atoms with van der Waals surface area (Å²) in [6.45, 7) is 1.95. The molecule has 8 nitrogen and oxygen atoms in total. The van der Waals surface area contributed by atoms with Crippen LogP contribution in [0.1, 0.15) is 63.1 Å². The van der Waals surface area contributed by atoms with E-state index in [4.69, 9.17) is 0 Å². The van der Waals surface area contributed by atoms with Gasteiger partial charge in [-0.2, -0.15) is 0 Å². The SMILES string of the molecule is CC(NC(=O)CSc1nnnn1C1CCCC1)c1ccc(NC(=O)C2CC2)cc1. The average molecular weight is 415 g/mol. The average Bonchev–Trinajstić information content (AvgIpc) is 3.23. The quantitative estimate of drug-likeness (QED) is 0.644. The largest absolute Gasteiger partial charge is 0.349 e. The van der Waals surface area contributed by atoms with Crippen molar-refractivity contribution in [3.8, 4) is 0 Å². The number of tetrazole rings is 1. The number of carbonyl (C=O) groups is 2. The highest BCUT2D eigenvalue weighted by molar-refractivity contribution is 7.99. The Bertz CT molecular complexity index is 858. The first-order valence-corrected chi connectivity index (χ1v) is 11.2. The fourth-order valence-electron chi connectivity index (χ4n) is 3.60. The summed E-state index contributed by atoms with van der Waals surface area (Å²) in [5.41, 5.74) is 1.78. The van der Waals surface area contributed by atoms with Gasteiger partial charge in [-0.1, -0.05) is 36.7 Å². The molecular formula is C20H26N6O2S. The highest BCUT2D eigenvalue weighted by Gasteiger charge is 2.29. The van der Waals surface area contributed by atoms with E-state index in [1.54, 1.807) is 0 Å². The number of benzene rings is 1. The first-order chi connectivity index (χ1) is 14.1. The van der Waals surface area contributed by atoms with Crippen molar-refractivity contribution in [3.05, 3.63) is 29.8 Å². The number of rotatable bonds is 8. The van der Waals surface area contributed by atoms with Gasteiger partial charge in [0.1, 0.15) is 0 Å². The van der Waals surface area contributed by atoms with Gasteiger partial charge < -0.3 is 10.6 Å². The molecule has 0 spiro atoms. The van der Waals surface area contributed by atoms with E-state index < -0.39 is 0 Å². The lowest BCUT2D eigenvalue weighted by atomic mass is 10.1. The molecule has 2 fully saturated rings. The lowest BCUT2D eigenvalue weighted by molar-refractivity contribution is -0.119. The Morgan fingerprint density at radius 1 is 1.17 bits per heavy atom. The molecule has 1 heterocycles. The van der Waals surface area contributed by atoms with E-state index in [0.717, 1.165) is 36.9 Å². The third kappa shape index (κ3) is 5.14. The van der Waals surface area contributed by atoms with Gasteiger partial charge in [0.25, 0.3) is 0 Å². The van der Waals surface area contributed by atoms with Crippen LogP contribution in [0.25, 0.3) is 0 Å². The van der Waals surface area contributed by atoms with Crippen molar-refractivity contribution < 1.29 is 9.59 Å². The minimum Gasteiger partial charge on any atom is -0.349 e. The molecule has 2 aliphatic rings. The monoisotopic (exact) mass is 414 g/mol. The smallest absolute Gasteiger partial charge is 0.230 e. The van der Waals surface area contributed by atoms with Gasteiger partial charge in [0, 0.05) is 11.6 Å². The van der Waals surface area contributed by atoms with Gasteiger partial charge in [-0.15, -0.1) is 5.10 Å². The van der Waals surface area contributed by atoms with Gasteiger partial charge in [-0.3, -0.25) is 9.59 Å². The van der Waals surface area contributed by atoms with Gasteiger partial charge in [0.2, 0.25) is 17.0 Å². The molecule has 0 bridgehead atoms. The van der Waals surface area contributed by atoms with E-state index in [1.807, 2.05) is 35.9 Å². The highest BCUT2D eigenvalue weighted by Crippen LogP contribution is 2.32. The lowest BCUT2D eigenvalue weighted by Crippen LogP contribution is -2.28. The van der Waals surface area contributed by atoms with Crippen LogP contribution in [0.4, 0.5) is 5.69 Å². The minimum atomic E-state index is -0.123. The number of nitrogens with zero attached hydrogens (tertiary/aromatic N) is 4. The van der Waals surface area contributed by atoms with Gasteiger partial charge in [0.15, 0.2) is 0 Å². The third-order valence-electron chi connectivity index (χ3n) is 5.47. The van der Waals surface area contributed by atoms with Crippen molar-refractivity contribution in [1.82, 2.24) is 25.5 Å². The van der Waals surface area contributed by atoms with Crippen molar-refractivity contribution in [2.75, 3.05) is 11.1 Å². The Balaban J connectivity index is 1.26. The molecule has 0 radical (unpaired) electrons. The lowest BCUT2D eigenvalue weighted by Gasteiger charge is -2.15. The number of aromatic nitrogens is 4. The topological polar surface area (TPSA) is 102 Å². The summed E-state index contributed by atoms with van der Waals surface area (Å²) >= 11 is 1.37. The molecule has 29 heavy (non-hydrogen) atoms. The Kier molecular flexibility index (Phi) is 6.13. The van der Waals surface area contributed by atoms with E-state index in [0.29, 0.717) is 11.2 Å². The number of hydrogen-bond donors (Lipinski definition) is 2. The number of carbonyl (C=O) groups excluding carboxylic acids is 2. The van der Waals surface area contributed by atoms with Crippen LogP contribution in [-0.4, -0.2) is 37.8 Å². The van der Waals surface area contributed by atoms with Crippen LogP contribution in [0.5, 0.6) is 0 Å². The van der Waals surface area contributed by atoms with Crippen LogP contribution >= 0.6 is 11.8 Å². The molecule has 154 valence electrons. The predicted octanol–water partition coefficient (Wildman–Crippen LogP) is 3.11. The summed E-state index contributed by atoms with van der Waals surface area (Å²) < 4.78 is 1.86. The molecule has 2 N–H and O–H groups in total. The van der Waals surface area contributed by atoms with Crippen LogP contribution in [0.3, 0.4) is 0 Å². The molecular weight excluding hydrogens is 388 g/mol. The fraction of sp³-hybridized carbons (Fsp3) is 0.550. The number of hydrogen-bond acceptors (Lipinski definition) is 6. The van der Waals surface area contributed by atoms with Crippen LogP contribution in [0.15, 0.2) is 29.4 Å². The van der Waals surface area contributed by atoms with Gasteiger partial charge >= 0.3 is 0 Å². The second-order valence-electron chi connectivity index (χ2n) is 7.81. The Hall–Kier alpha value is -2.42. The van der Waals surface area contributed by atoms with Crippen molar-refractivity contribution in [3.63, 3.8) is 0 Å². The van der Waals surface area contributed by atoms with Crippen molar-refractivity contribution in [2.24, 2.45) is 5.92 Å². The molecule has 2 amide bonds. The second kappa shape index (κ2) is 8.94. The summed E-state index contributed by atoms with van der Waals surface area (Å²) in [6.07, 6.45) is 6.57.